The fourth-order valence-electron chi connectivity index (χ4n) is 3.16. The van der Waals surface area contributed by atoms with Crippen molar-refractivity contribution in [3.05, 3.63) is 35.9 Å². The summed E-state index contributed by atoms with van der Waals surface area (Å²) in [4.78, 5) is 25.6. The molecule has 2 heterocycles. The van der Waals surface area contributed by atoms with Gasteiger partial charge in [-0.3, -0.25) is 14.5 Å². The van der Waals surface area contributed by atoms with Crippen LogP contribution >= 0.6 is 0 Å². The Balaban J connectivity index is 1.75. The third kappa shape index (κ3) is 2.16. The third-order valence-electron chi connectivity index (χ3n) is 4.26. The van der Waals surface area contributed by atoms with E-state index in [4.69, 9.17) is 4.74 Å². The molecule has 2 saturated heterocycles. The Labute approximate surface area is 112 Å². The molecule has 0 spiro atoms. The zero-order valence-electron chi connectivity index (χ0n) is 10.9. The van der Waals surface area contributed by atoms with E-state index in [1.807, 2.05) is 25.1 Å². The lowest BCUT2D eigenvalue weighted by Crippen LogP contribution is -2.48. The number of benzene rings is 1. The fourth-order valence-corrected chi connectivity index (χ4v) is 3.16. The predicted octanol–water partition coefficient (Wildman–Crippen LogP) is 1.60. The number of esters is 2. The van der Waals surface area contributed by atoms with Gasteiger partial charge in [-0.25, -0.2) is 0 Å². The molecule has 1 aromatic carbocycles. The Morgan fingerprint density at radius 3 is 2.68 bits per heavy atom. The summed E-state index contributed by atoms with van der Waals surface area (Å²) in [6.45, 7) is 3.66. The average molecular weight is 259 g/mol. The number of carbonyl (C=O) groups excluding carboxylic acids is 2. The number of hydrogen-bond acceptors (Lipinski definition) is 4. The molecule has 4 heteroatoms. The summed E-state index contributed by atoms with van der Waals surface area (Å²) in [5, 5.41) is 0. The zero-order valence-corrected chi connectivity index (χ0v) is 10.9. The van der Waals surface area contributed by atoms with Crippen LogP contribution in [0.5, 0.6) is 0 Å². The van der Waals surface area contributed by atoms with Gasteiger partial charge in [0.15, 0.2) is 0 Å². The Morgan fingerprint density at radius 1 is 1.21 bits per heavy atom. The molecule has 19 heavy (non-hydrogen) atoms. The number of ether oxygens (including phenoxy) is 1. The van der Waals surface area contributed by atoms with E-state index < -0.39 is 0 Å². The first-order valence-electron chi connectivity index (χ1n) is 6.70. The van der Waals surface area contributed by atoms with Crippen molar-refractivity contribution in [2.45, 2.75) is 25.9 Å². The van der Waals surface area contributed by atoms with E-state index in [0.29, 0.717) is 6.42 Å². The van der Waals surface area contributed by atoms with E-state index in [1.54, 1.807) is 0 Å². The number of cyclic esters (lactones) is 2. The van der Waals surface area contributed by atoms with Gasteiger partial charge in [0, 0.05) is 12.6 Å². The van der Waals surface area contributed by atoms with Crippen LogP contribution in [0.3, 0.4) is 0 Å². The Morgan fingerprint density at radius 2 is 1.95 bits per heavy atom. The van der Waals surface area contributed by atoms with Gasteiger partial charge in [0.25, 0.3) is 0 Å². The Kier molecular flexibility index (Phi) is 3.11. The van der Waals surface area contributed by atoms with E-state index in [0.717, 1.165) is 13.1 Å². The molecule has 0 aromatic heterocycles. The fraction of sp³-hybridized carbons (Fsp3) is 0.467. The third-order valence-corrected chi connectivity index (χ3v) is 4.26. The monoisotopic (exact) mass is 259 g/mol. The van der Waals surface area contributed by atoms with Crippen LogP contribution in [0.15, 0.2) is 30.3 Å². The number of piperidine rings is 1. The highest BCUT2D eigenvalue weighted by atomic mass is 16.6. The number of likely N-dealkylation sites (tertiary alicyclic amines) is 1. The molecule has 2 aliphatic rings. The highest BCUT2D eigenvalue weighted by Gasteiger charge is 2.50. The molecule has 0 amide bonds. The van der Waals surface area contributed by atoms with Gasteiger partial charge in [-0.15, -0.1) is 0 Å². The molecule has 0 aliphatic carbocycles. The van der Waals surface area contributed by atoms with Crippen molar-refractivity contribution in [2.75, 3.05) is 6.54 Å². The van der Waals surface area contributed by atoms with Crippen LogP contribution in [0.4, 0.5) is 0 Å². The van der Waals surface area contributed by atoms with Crippen LogP contribution in [-0.2, 0) is 20.9 Å². The molecule has 2 aliphatic heterocycles. The van der Waals surface area contributed by atoms with E-state index in [1.165, 1.54) is 5.56 Å². The molecule has 4 nitrogen and oxygen atoms in total. The van der Waals surface area contributed by atoms with Gasteiger partial charge in [0.2, 0.25) is 0 Å². The number of hydrogen-bond donors (Lipinski definition) is 0. The van der Waals surface area contributed by atoms with Gasteiger partial charge >= 0.3 is 11.9 Å². The lowest BCUT2D eigenvalue weighted by Gasteiger charge is -2.38. The largest absolute Gasteiger partial charge is 0.393 e. The predicted molar refractivity (Wildman–Crippen MR) is 69.0 cm³/mol. The maximum atomic E-state index is 11.8. The summed E-state index contributed by atoms with van der Waals surface area (Å²) in [5.41, 5.74) is 1.23. The second kappa shape index (κ2) is 4.78. The molecule has 3 rings (SSSR count). The van der Waals surface area contributed by atoms with Gasteiger partial charge in [-0.2, -0.15) is 0 Å². The smallest absolute Gasteiger partial charge is 0.319 e. The van der Waals surface area contributed by atoms with Crippen molar-refractivity contribution in [1.82, 2.24) is 4.90 Å². The first kappa shape index (κ1) is 12.4. The summed E-state index contributed by atoms with van der Waals surface area (Å²) in [6.07, 6.45) is 0.715. The highest BCUT2D eigenvalue weighted by molar-refractivity contribution is 5.97. The highest BCUT2D eigenvalue weighted by Crippen LogP contribution is 2.36. The molecule has 3 atom stereocenters. The van der Waals surface area contributed by atoms with Crippen LogP contribution in [0.25, 0.3) is 0 Å². The van der Waals surface area contributed by atoms with E-state index >= 15 is 0 Å². The molecule has 0 saturated carbocycles. The number of nitrogens with zero attached hydrogens (tertiary/aromatic N) is 1. The van der Waals surface area contributed by atoms with Crippen LogP contribution in [0.1, 0.15) is 18.9 Å². The first-order valence-corrected chi connectivity index (χ1v) is 6.70. The first-order chi connectivity index (χ1) is 9.16. The standard InChI is InChI=1S/C15H17NO3/c1-10-13-12(14(17)19-15(13)18)7-8-16(10)9-11-5-3-2-4-6-11/h2-6,10,12-13H,7-9H2,1H3. The van der Waals surface area contributed by atoms with E-state index in [9.17, 15) is 9.59 Å². The molecular weight excluding hydrogens is 242 g/mol. The van der Waals surface area contributed by atoms with Gasteiger partial charge in [0.05, 0.1) is 11.8 Å². The number of fused-ring (bicyclic) bond motifs is 1. The van der Waals surface area contributed by atoms with Crippen LogP contribution in [-0.4, -0.2) is 29.4 Å². The average Bonchev–Trinajstić information content (AvgIpc) is 2.70. The van der Waals surface area contributed by atoms with Crippen molar-refractivity contribution >= 4 is 11.9 Å². The summed E-state index contributed by atoms with van der Waals surface area (Å²) in [7, 11) is 0. The quantitative estimate of drug-likeness (QED) is 0.598. The van der Waals surface area contributed by atoms with Crippen molar-refractivity contribution < 1.29 is 14.3 Å². The zero-order chi connectivity index (χ0) is 13.4. The van der Waals surface area contributed by atoms with Crippen LogP contribution in [0, 0.1) is 11.8 Å². The van der Waals surface area contributed by atoms with Crippen LogP contribution in [0.2, 0.25) is 0 Å². The minimum atomic E-state index is -0.347. The van der Waals surface area contributed by atoms with Gasteiger partial charge in [0.1, 0.15) is 0 Å². The molecular formula is C15H17NO3. The Hall–Kier alpha value is -1.68. The molecule has 3 unspecified atom stereocenters. The molecule has 0 N–H and O–H groups in total. The number of carbonyl (C=O) groups is 2. The maximum Gasteiger partial charge on any atom is 0.319 e. The minimum absolute atomic E-state index is 0.0536. The second-order valence-corrected chi connectivity index (χ2v) is 5.36. The summed E-state index contributed by atoms with van der Waals surface area (Å²) in [5.74, 6) is -1.19. The van der Waals surface area contributed by atoms with Gasteiger partial charge < -0.3 is 4.74 Å². The summed E-state index contributed by atoms with van der Waals surface area (Å²) < 4.78 is 4.77. The second-order valence-electron chi connectivity index (χ2n) is 5.36. The maximum absolute atomic E-state index is 11.8. The van der Waals surface area contributed by atoms with Gasteiger partial charge in [-0.1, -0.05) is 30.3 Å². The SMILES string of the molecule is CC1C2C(=O)OC(=O)C2CCN1Cc1ccccc1. The van der Waals surface area contributed by atoms with E-state index in [-0.39, 0.29) is 29.8 Å². The molecule has 2 fully saturated rings. The lowest BCUT2D eigenvalue weighted by molar-refractivity contribution is -0.153. The lowest BCUT2D eigenvalue weighted by atomic mass is 9.82. The normalized spacial score (nSPS) is 31.1. The summed E-state index contributed by atoms with van der Waals surface area (Å²) >= 11 is 0. The Bertz CT molecular complexity index is 499. The summed E-state index contributed by atoms with van der Waals surface area (Å²) in [6, 6.07) is 10.2. The minimum Gasteiger partial charge on any atom is -0.393 e. The molecule has 100 valence electrons. The molecule has 0 bridgehead atoms. The van der Waals surface area contributed by atoms with Crippen molar-refractivity contribution in [2.24, 2.45) is 11.8 Å². The topological polar surface area (TPSA) is 46.6 Å². The van der Waals surface area contributed by atoms with Crippen LogP contribution < -0.4 is 0 Å². The van der Waals surface area contributed by atoms with Crippen molar-refractivity contribution in [3.63, 3.8) is 0 Å². The molecule has 0 radical (unpaired) electrons. The van der Waals surface area contributed by atoms with Crippen molar-refractivity contribution in [1.29, 1.82) is 0 Å². The molecule has 1 aromatic rings. The van der Waals surface area contributed by atoms with Crippen molar-refractivity contribution in [3.8, 4) is 0 Å². The van der Waals surface area contributed by atoms with E-state index in [2.05, 4.69) is 17.0 Å². The van der Waals surface area contributed by atoms with Gasteiger partial charge in [-0.05, 0) is 25.5 Å². The number of rotatable bonds is 2.